The minimum absolute atomic E-state index is 0.00217. The summed E-state index contributed by atoms with van der Waals surface area (Å²) in [5.74, 6) is -1.10. The van der Waals surface area contributed by atoms with Crippen molar-refractivity contribution in [2.24, 2.45) is 5.73 Å². The summed E-state index contributed by atoms with van der Waals surface area (Å²) in [6.07, 6.45) is 0.468. The Labute approximate surface area is 174 Å². The Morgan fingerprint density at radius 1 is 1.14 bits per heavy atom. The van der Waals surface area contributed by atoms with Gasteiger partial charge in [0, 0.05) is 13.6 Å². The third-order valence-electron chi connectivity index (χ3n) is 4.97. The molecule has 2 aromatic carbocycles. The Kier molecular flexibility index (Phi) is 6.51. The minimum atomic E-state index is -0.556. The quantitative estimate of drug-likeness (QED) is 0.751. The van der Waals surface area contributed by atoms with Crippen molar-refractivity contribution in [2.45, 2.75) is 19.0 Å². The Balaban J connectivity index is 1.61. The van der Waals surface area contributed by atoms with Crippen LogP contribution in [0.4, 0.5) is 5.69 Å². The van der Waals surface area contributed by atoms with E-state index in [-0.39, 0.29) is 24.9 Å². The smallest absolute Gasteiger partial charge is 0.244 e. The second-order valence-corrected chi connectivity index (χ2v) is 7.48. The molecule has 3 rings (SSSR count). The number of carbonyl (C=O) groups is 3. The van der Waals surface area contributed by atoms with E-state index in [4.69, 9.17) is 17.3 Å². The maximum Gasteiger partial charge on any atom is 0.244 e. The molecule has 3 amide bonds. The molecular formula is C21H23ClN4O3. The van der Waals surface area contributed by atoms with Gasteiger partial charge in [-0.3, -0.25) is 19.3 Å². The first kappa shape index (κ1) is 20.8. The van der Waals surface area contributed by atoms with Crippen molar-refractivity contribution < 1.29 is 14.4 Å². The predicted octanol–water partition coefficient (Wildman–Crippen LogP) is 1.65. The monoisotopic (exact) mass is 414 g/mol. The third-order valence-corrected chi connectivity index (χ3v) is 5.30. The summed E-state index contributed by atoms with van der Waals surface area (Å²) >= 11 is 6.04. The predicted molar refractivity (Wildman–Crippen MR) is 111 cm³/mol. The number of amides is 3. The molecule has 0 spiro atoms. The fourth-order valence-corrected chi connectivity index (χ4v) is 3.56. The molecular weight excluding hydrogens is 392 g/mol. The highest BCUT2D eigenvalue weighted by Crippen LogP contribution is 2.23. The fraction of sp³-hybridized carbons (Fsp3) is 0.286. The van der Waals surface area contributed by atoms with E-state index >= 15 is 0 Å². The van der Waals surface area contributed by atoms with Crippen LogP contribution >= 0.6 is 11.6 Å². The van der Waals surface area contributed by atoms with Crippen LogP contribution in [0.15, 0.2) is 48.5 Å². The third kappa shape index (κ3) is 5.13. The van der Waals surface area contributed by atoms with E-state index in [0.717, 1.165) is 11.1 Å². The zero-order chi connectivity index (χ0) is 21.0. The van der Waals surface area contributed by atoms with Crippen molar-refractivity contribution in [3.63, 3.8) is 0 Å². The molecule has 7 nitrogen and oxygen atoms in total. The lowest BCUT2D eigenvalue weighted by Crippen LogP contribution is -2.52. The number of nitrogens with two attached hydrogens (primary N) is 1. The summed E-state index contributed by atoms with van der Waals surface area (Å²) in [4.78, 5) is 39.9. The van der Waals surface area contributed by atoms with Crippen molar-refractivity contribution in [2.75, 3.05) is 25.5 Å². The first-order valence-corrected chi connectivity index (χ1v) is 9.61. The summed E-state index contributed by atoms with van der Waals surface area (Å²) in [6.45, 7) is 0.322. The molecule has 0 unspecified atom stereocenters. The largest absolute Gasteiger partial charge is 0.368 e. The number of fused-ring (bicyclic) bond motifs is 1. The molecule has 0 saturated carbocycles. The number of nitrogens with zero attached hydrogens (tertiary/aromatic N) is 2. The lowest BCUT2D eigenvalue weighted by molar-refractivity contribution is -0.136. The van der Waals surface area contributed by atoms with E-state index in [1.54, 1.807) is 36.2 Å². The van der Waals surface area contributed by atoms with Crippen molar-refractivity contribution in [1.82, 2.24) is 9.80 Å². The van der Waals surface area contributed by atoms with Crippen LogP contribution in [0.3, 0.4) is 0 Å². The Morgan fingerprint density at radius 2 is 1.79 bits per heavy atom. The second kappa shape index (κ2) is 9.07. The van der Waals surface area contributed by atoms with Gasteiger partial charge in [0.25, 0.3) is 0 Å². The SMILES string of the molecule is CN(CC(=O)Nc1ccccc1Cl)C(=O)CN1Cc2ccccc2C[C@H]1C(N)=O. The molecule has 1 atom stereocenters. The van der Waals surface area contributed by atoms with Crippen LogP contribution in [0, 0.1) is 0 Å². The Morgan fingerprint density at radius 3 is 2.48 bits per heavy atom. The van der Waals surface area contributed by atoms with Gasteiger partial charge in [0.15, 0.2) is 0 Å². The van der Waals surface area contributed by atoms with Crippen LogP contribution in [0.1, 0.15) is 11.1 Å². The van der Waals surface area contributed by atoms with Gasteiger partial charge < -0.3 is 16.0 Å². The maximum absolute atomic E-state index is 12.7. The highest BCUT2D eigenvalue weighted by Gasteiger charge is 2.32. The van der Waals surface area contributed by atoms with Gasteiger partial charge in [-0.05, 0) is 29.7 Å². The molecule has 1 aliphatic heterocycles. The van der Waals surface area contributed by atoms with Crippen LogP contribution in [0.5, 0.6) is 0 Å². The summed E-state index contributed by atoms with van der Waals surface area (Å²) < 4.78 is 0. The standard InChI is InChI=1S/C21H23ClN4O3/c1-25(12-19(27)24-17-9-5-4-8-16(17)22)20(28)13-26-11-15-7-3-2-6-14(15)10-18(26)21(23)29/h2-9,18H,10-13H2,1H3,(H2,23,29)(H,24,27)/t18-/m0/s1. The molecule has 0 radical (unpaired) electrons. The molecule has 1 aliphatic rings. The molecule has 152 valence electrons. The fourth-order valence-electron chi connectivity index (χ4n) is 3.37. The number of halogens is 1. The van der Waals surface area contributed by atoms with Crippen molar-refractivity contribution in [3.05, 3.63) is 64.7 Å². The average Bonchev–Trinajstić information content (AvgIpc) is 2.69. The number of nitrogens with one attached hydrogen (secondary N) is 1. The first-order chi connectivity index (χ1) is 13.8. The van der Waals surface area contributed by atoms with E-state index in [1.165, 1.54) is 4.90 Å². The molecule has 0 fully saturated rings. The van der Waals surface area contributed by atoms with Crippen molar-refractivity contribution in [3.8, 4) is 0 Å². The van der Waals surface area contributed by atoms with Crippen LogP contribution in [0.25, 0.3) is 0 Å². The molecule has 0 saturated heterocycles. The molecule has 2 aromatic rings. The van der Waals surface area contributed by atoms with Crippen LogP contribution in [-0.2, 0) is 27.3 Å². The summed E-state index contributed by atoms with van der Waals surface area (Å²) in [5, 5.41) is 3.11. The number of anilines is 1. The molecule has 0 bridgehead atoms. The number of primary amides is 1. The Hall–Kier alpha value is -2.90. The van der Waals surface area contributed by atoms with E-state index in [2.05, 4.69) is 5.32 Å². The number of rotatable bonds is 6. The summed E-state index contributed by atoms with van der Waals surface area (Å²) in [5.41, 5.74) is 8.18. The molecule has 0 aromatic heterocycles. The van der Waals surface area contributed by atoms with Crippen molar-refractivity contribution in [1.29, 1.82) is 0 Å². The topological polar surface area (TPSA) is 95.7 Å². The van der Waals surface area contributed by atoms with E-state index in [9.17, 15) is 14.4 Å². The van der Waals surface area contributed by atoms with Gasteiger partial charge in [0.2, 0.25) is 17.7 Å². The number of hydrogen-bond donors (Lipinski definition) is 2. The number of likely N-dealkylation sites (N-methyl/N-ethyl adjacent to an activating group) is 1. The zero-order valence-corrected chi connectivity index (χ0v) is 16.9. The van der Waals surface area contributed by atoms with Gasteiger partial charge in [0.1, 0.15) is 0 Å². The van der Waals surface area contributed by atoms with E-state index < -0.39 is 11.9 Å². The highest BCUT2D eigenvalue weighted by molar-refractivity contribution is 6.33. The summed E-state index contributed by atoms with van der Waals surface area (Å²) in [7, 11) is 1.55. The van der Waals surface area contributed by atoms with Crippen LogP contribution in [0.2, 0.25) is 5.02 Å². The number of benzene rings is 2. The second-order valence-electron chi connectivity index (χ2n) is 7.07. The zero-order valence-electron chi connectivity index (χ0n) is 16.1. The van der Waals surface area contributed by atoms with Gasteiger partial charge in [-0.15, -0.1) is 0 Å². The Bertz CT molecular complexity index is 934. The van der Waals surface area contributed by atoms with Crippen LogP contribution in [-0.4, -0.2) is 53.7 Å². The lowest BCUT2D eigenvalue weighted by Gasteiger charge is -2.35. The first-order valence-electron chi connectivity index (χ1n) is 9.23. The van der Waals surface area contributed by atoms with Gasteiger partial charge in [-0.2, -0.15) is 0 Å². The molecule has 29 heavy (non-hydrogen) atoms. The maximum atomic E-state index is 12.7. The minimum Gasteiger partial charge on any atom is -0.368 e. The highest BCUT2D eigenvalue weighted by atomic mass is 35.5. The number of hydrogen-bond acceptors (Lipinski definition) is 4. The van der Waals surface area contributed by atoms with Gasteiger partial charge >= 0.3 is 0 Å². The van der Waals surface area contributed by atoms with E-state index in [1.807, 2.05) is 24.3 Å². The lowest BCUT2D eigenvalue weighted by atomic mass is 9.93. The van der Waals surface area contributed by atoms with Gasteiger partial charge in [0.05, 0.1) is 29.8 Å². The summed E-state index contributed by atoms with van der Waals surface area (Å²) in [6, 6.07) is 14.1. The molecule has 3 N–H and O–H groups in total. The van der Waals surface area contributed by atoms with Gasteiger partial charge in [-0.1, -0.05) is 48.0 Å². The normalized spacial score (nSPS) is 16.0. The molecule has 8 heteroatoms. The molecule has 1 heterocycles. The number of para-hydroxylation sites is 1. The van der Waals surface area contributed by atoms with Gasteiger partial charge in [-0.25, -0.2) is 0 Å². The average molecular weight is 415 g/mol. The number of carbonyl (C=O) groups excluding carboxylic acids is 3. The van der Waals surface area contributed by atoms with Crippen molar-refractivity contribution >= 4 is 35.0 Å². The molecule has 0 aliphatic carbocycles. The van der Waals surface area contributed by atoms with E-state index in [0.29, 0.717) is 23.7 Å². The van der Waals surface area contributed by atoms with Crippen LogP contribution < -0.4 is 11.1 Å².